The Bertz CT molecular complexity index is 4750. The molecule has 4 atom stereocenters. The van der Waals surface area contributed by atoms with Crippen molar-refractivity contribution in [3.8, 4) is 0 Å². The number of hydrogen-bond donors (Lipinski definition) is 3. The van der Waals surface area contributed by atoms with Gasteiger partial charge in [0.25, 0.3) is 7.82 Å². The molecule has 0 aromatic heterocycles. The summed E-state index contributed by atoms with van der Waals surface area (Å²) in [6.07, 6.45) is 89.1. The van der Waals surface area contributed by atoms with Gasteiger partial charge in [-0.3, -0.25) is 42.4 Å². The Morgan fingerprint density at radius 1 is 0.381 bits per heavy atom. The molecular weight excluding hydrogens is 1880 g/mol. The molecule has 4 unspecified atom stereocenters. The van der Waals surface area contributed by atoms with Crippen LogP contribution in [0.3, 0.4) is 0 Å². The maximum atomic E-state index is 13.8. The molecule has 6 rings (SSSR count). The number of allylic oxidation sites excluding steroid dienone is 16. The number of nitrogens with zero attached hydrogens (tertiary/aromatic N) is 2. The molecule has 22 nitrogen and oxygen atoms in total. The number of hydrogen-bond acceptors (Lipinski definition) is 18. The van der Waals surface area contributed by atoms with Crippen molar-refractivity contribution in [1.29, 1.82) is 0 Å². The van der Waals surface area contributed by atoms with E-state index in [0.717, 1.165) is 210 Å². The van der Waals surface area contributed by atoms with Gasteiger partial charge in [-0.25, -0.2) is 4.57 Å². The van der Waals surface area contributed by atoms with E-state index >= 15 is 0 Å². The van der Waals surface area contributed by atoms with Crippen LogP contribution in [-0.2, 0) is 85.8 Å². The summed E-state index contributed by atoms with van der Waals surface area (Å²) in [6, 6.07) is 24.9. The lowest BCUT2D eigenvalue weighted by Crippen LogP contribution is -2.33. The van der Waals surface area contributed by atoms with Gasteiger partial charge in [-0.05, 0) is 188 Å². The third kappa shape index (κ3) is 55.6. The first-order valence-electron chi connectivity index (χ1n) is 57.7. The quantitative estimate of drug-likeness (QED) is 0.00704. The molecule has 822 valence electrons. The highest BCUT2D eigenvalue weighted by atomic mass is 31.2. The Hall–Kier alpha value is -8.17. The van der Waals surface area contributed by atoms with Gasteiger partial charge in [0.15, 0.2) is 24.5 Å². The molecule has 2 heterocycles. The molecule has 2 aliphatic heterocycles. The van der Waals surface area contributed by atoms with Crippen LogP contribution in [0.4, 0.5) is 11.4 Å². The van der Waals surface area contributed by atoms with E-state index < -0.39 is 82.4 Å². The molecule has 0 aliphatic carbocycles. The van der Waals surface area contributed by atoms with Gasteiger partial charge >= 0.3 is 31.7 Å². The Morgan fingerprint density at radius 3 is 1.16 bits per heavy atom. The molecule has 4 aromatic carbocycles. The Kier molecular flexibility index (Phi) is 68.4. The van der Waals surface area contributed by atoms with Crippen LogP contribution in [0.25, 0.3) is 21.5 Å². The van der Waals surface area contributed by atoms with Gasteiger partial charge in [-0.2, -0.15) is 4.58 Å². The van der Waals surface area contributed by atoms with Crippen LogP contribution in [0.5, 0.6) is 0 Å². The van der Waals surface area contributed by atoms with Crippen LogP contribution in [0, 0.1) is 0 Å². The predicted octanol–water partition coefficient (Wildman–Crippen LogP) is 31.4. The number of rotatable bonds is 90. The minimum atomic E-state index is -5.01. The molecular formula is C123H192N4O18P2. The fourth-order valence-corrected chi connectivity index (χ4v) is 20.9. The van der Waals surface area contributed by atoms with Crippen molar-refractivity contribution in [2.24, 2.45) is 0 Å². The number of phosphoric ester groups is 2. The second-order valence-corrected chi connectivity index (χ2v) is 44.1. The third-order valence-electron chi connectivity index (χ3n) is 27.8. The second-order valence-electron chi connectivity index (χ2n) is 41.3. The summed E-state index contributed by atoms with van der Waals surface area (Å²) in [6.45, 7) is 15.3. The zero-order valence-corrected chi connectivity index (χ0v) is 93.8. The van der Waals surface area contributed by atoms with Crippen molar-refractivity contribution < 1.29 is 89.3 Å². The smallest absolute Gasteiger partial charge is 0.472 e. The normalized spacial score (nSPS) is 15.1. The van der Waals surface area contributed by atoms with Crippen molar-refractivity contribution in [1.82, 2.24) is 10.6 Å². The highest BCUT2D eigenvalue weighted by Crippen LogP contribution is 2.52. The van der Waals surface area contributed by atoms with Gasteiger partial charge in [0.2, 0.25) is 17.5 Å². The minimum absolute atomic E-state index is 0.0560. The monoisotopic (exact) mass is 2080 g/mol. The third-order valence-corrected chi connectivity index (χ3v) is 29.8. The maximum Gasteiger partial charge on any atom is 0.472 e. The van der Waals surface area contributed by atoms with Gasteiger partial charge in [-0.15, -0.1) is 0 Å². The van der Waals surface area contributed by atoms with Crippen LogP contribution >= 0.6 is 15.6 Å². The Balaban J connectivity index is 1.01. The topological polar surface area (TPSA) is 284 Å². The van der Waals surface area contributed by atoms with Gasteiger partial charge in [-0.1, -0.05) is 381 Å². The Labute approximate surface area is 886 Å². The molecule has 0 saturated heterocycles. The zero-order chi connectivity index (χ0) is 106. The van der Waals surface area contributed by atoms with Crippen LogP contribution in [0.2, 0.25) is 0 Å². The fourth-order valence-electron chi connectivity index (χ4n) is 19.4. The van der Waals surface area contributed by atoms with E-state index in [1.54, 1.807) is 0 Å². The molecule has 2 amide bonds. The number of phosphoric acid groups is 2. The van der Waals surface area contributed by atoms with Crippen LogP contribution < -0.4 is 20.4 Å². The summed E-state index contributed by atoms with van der Waals surface area (Å²) in [7, 11) is -9.78. The summed E-state index contributed by atoms with van der Waals surface area (Å²) < 4.78 is 72.8. The van der Waals surface area contributed by atoms with Crippen LogP contribution in [-0.4, -0.2) is 129 Å². The number of benzene rings is 4. The first-order valence-corrected chi connectivity index (χ1v) is 60.6. The number of esters is 4. The van der Waals surface area contributed by atoms with E-state index in [9.17, 15) is 47.7 Å². The van der Waals surface area contributed by atoms with Crippen LogP contribution in [0.1, 0.15) is 439 Å². The largest absolute Gasteiger partial charge is 0.756 e. The van der Waals surface area contributed by atoms with E-state index in [4.69, 9.17) is 37.0 Å². The van der Waals surface area contributed by atoms with Crippen molar-refractivity contribution in [2.75, 3.05) is 70.7 Å². The van der Waals surface area contributed by atoms with Crippen molar-refractivity contribution >= 4 is 90.0 Å². The second kappa shape index (κ2) is 78.9. The number of carbonyl (C=O) groups excluding carboxylic acids is 6. The number of carbonyl (C=O) groups is 6. The van der Waals surface area contributed by atoms with Gasteiger partial charge < -0.3 is 53.3 Å². The number of nitrogens with one attached hydrogen (secondary N) is 2. The van der Waals surface area contributed by atoms with Crippen molar-refractivity contribution in [3.05, 3.63) is 181 Å². The highest BCUT2D eigenvalue weighted by Gasteiger charge is 2.46. The highest BCUT2D eigenvalue weighted by molar-refractivity contribution is 7.47. The summed E-state index contributed by atoms with van der Waals surface area (Å²) in [5.74, 6) is -2.61. The Morgan fingerprint density at radius 2 is 0.735 bits per heavy atom. The lowest BCUT2D eigenvalue weighted by atomic mass is 9.79. The maximum absolute atomic E-state index is 13.8. The molecule has 3 N–H and O–H groups in total. The first kappa shape index (κ1) is 127. The molecule has 0 saturated carbocycles. The van der Waals surface area contributed by atoms with E-state index in [0.29, 0.717) is 38.8 Å². The average Bonchev–Trinajstić information content (AvgIpc) is 1.58. The van der Waals surface area contributed by atoms with Gasteiger partial charge in [0.05, 0.1) is 38.3 Å². The number of fused-ring (bicyclic) bond motifs is 6. The lowest BCUT2D eigenvalue weighted by molar-refractivity contribution is -0.436. The lowest BCUT2D eigenvalue weighted by Gasteiger charge is -2.27. The van der Waals surface area contributed by atoms with E-state index in [-0.39, 0.29) is 83.2 Å². The predicted molar refractivity (Wildman–Crippen MR) is 603 cm³/mol. The zero-order valence-electron chi connectivity index (χ0n) is 92.0. The summed E-state index contributed by atoms with van der Waals surface area (Å²) >= 11 is 0. The number of unbranched alkanes of at least 4 members (excludes halogenated alkanes) is 44. The van der Waals surface area contributed by atoms with E-state index in [1.165, 1.54) is 154 Å². The molecule has 0 spiro atoms. The number of ether oxygens (including phenoxy) is 4. The van der Waals surface area contributed by atoms with Crippen molar-refractivity contribution in [3.63, 3.8) is 0 Å². The minimum Gasteiger partial charge on any atom is -0.756 e. The van der Waals surface area contributed by atoms with Crippen LogP contribution in [0.15, 0.2) is 170 Å². The van der Waals surface area contributed by atoms with E-state index in [2.05, 4.69) is 185 Å². The standard InChI is InChI=1S/C123H192N4O18P2/c1-9-13-17-21-25-29-33-37-41-45-49-53-57-64-70-84-116(130)138-100-106(144-118(132)86-72-66-59-55-51-47-43-39-35-31-27-23-19-15-11-3)102-142-146(134,135)140-98-94-124-114(128)92-96-126-110-90-88-104-78-74-76-80-108(104)120(110)122(5,6)112(126)82-68-62-61-63-69-83-113-123(7,8)121-109-81-77-75-79-105(109)89-91-111(121)127(113)97-93-115(129)125-95-99-141-147(136,137)143-103-107(145-119(133)87-73-67-60-56-52-48-44-40-36-32-28-24-20-16-12-4)101-139-117(131)85-71-65-58-54-50-46-42-38-34-30-26-22-18-14-10-2/h37-44,61-63,68-69,74-83,88-91,106-107H,9-36,45-60,64-67,70-73,84-87,92-103H2,1-8H3,(H3-,124,125,128,129,134,135,136,137)/b41-37?,42-38?,43-39-,44-40-. The van der Waals surface area contributed by atoms with Crippen molar-refractivity contribution in [2.45, 2.75) is 451 Å². The fraction of sp³-hybridized carbons (Fsp3) is 0.650. The molecule has 0 radical (unpaired) electrons. The molecule has 147 heavy (non-hydrogen) atoms. The SMILES string of the molecule is CCCCCCCCC=CCCCCCCCC(=O)OCC(COP(=O)([O-])OCCNC(=O)CC[N+]1=C(/C=C/C=C/C=C/C=C2/N(CCC(=O)NCCOP(=O)(O)OCC(COC(=O)CCCCCCCC=CCCCCCCCC)OC(=O)CCCCCCC/C=C\CCCCCCCC)c3ccc4ccccc4c3C2(C)C)C(C)(C)c2c1ccc1ccccc21)OC(=O)CCCCCCC/C=C\CCCCCCCC. The summed E-state index contributed by atoms with van der Waals surface area (Å²) in [5, 5.41) is 10.0. The average molecular weight is 2080 g/mol. The summed E-state index contributed by atoms with van der Waals surface area (Å²) in [4.78, 5) is 107. The van der Waals surface area contributed by atoms with E-state index in [1.807, 2.05) is 54.6 Å². The van der Waals surface area contributed by atoms with Gasteiger partial charge in [0.1, 0.15) is 13.2 Å². The molecule has 4 aromatic rings. The molecule has 0 fully saturated rings. The summed E-state index contributed by atoms with van der Waals surface area (Å²) in [5.41, 5.74) is 5.12. The van der Waals surface area contributed by atoms with Gasteiger partial charge in [0, 0.05) is 86.2 Å². The first-order chi connectivity index (χ1) is 71.4. The molecule has 0 bridgehead atoms. The number of amides is 2. The number of anilines is 1. The molecule has 2 aliphatic rings. The molecule has 24 heteroatoms.